The van der Waals surface area contributed by atoms with Gasteiger partial charge in [0.05, 0.1) is 18.3 Å². The molecule has 0 aliphatic carbocycles. The number of para-hydroxylation sites is 1. The number of fused-ring (bicyclic) bond motifs is 1. The van der Waals surface area contributed by atoms with Gasteiger partial charge in [-0.15, -0.1) is 0 Å². The standard InChI is InChI=1S/C26H23ClN4O/c27-20-12-10-18(11-13-20)25-22(17-6-2-1-3-7-17)16-31(30-25)26(32)23(28)14-19-15-29-24-9-5-4-8-21(19)24/h1-13,15,22-23,29H,14,16,28H2. The lowest BCUT2D eigenvalue weighted by molar-refractivity contribution is -0.132. The molecule has 0 fully saturated rings. The Labute approximate surface area is 191 Å². The number of hydrogen-bond acceptors (Lipinski definition) is 3. The van der Waals surface area contributed by atoms with Crippen LogP contribution in [0.4, 0.5) is 0 Å². The third kappa shape index (κ3) is 3.93. The Hall–Kier alpha value is -3.41. The summed E-state index contributed by atoms with van der Waals surface area (Å²) in [5.41, 5.74) is 11.4. The Morgan fingerprint density at radius 1 is 1.06 bits per heavy atom. The van der Waals surface area contributed by atoms with E-state index in [9.17, 15) is 4.79 Å². The summed E-state index contributed by atoms with van der Waals surface area (Å²) in [4.78, 5) is 16.5. The number of hydrogen-bond donors (Lipinski definition) is 2. The molecular formula is C26H23ClN4O. The van der Waals surface area contributed by atoms with Crippen LogP contribution in [0.1, 0.15) is 22.6 Å². The Kier molecular flexibility index (Phi) is 5.52. The van der Waals surface area contributed by atoms with Crippen LogP contribution in [0.5, 0.6) is 0 Å². The Morgan fingerprint density at radius 2 is 1.78 bits per heavy atom. The van der Waals surface area contributed by atoms with Crippen molar-refractivity contribution in [3.8, 4) is 0 Å². The summed E-state index contributed by atoms with van der Waals surface area (Å²) in [5.74, 6) is -0.207. The number of amides is 1. The fourth-order valence-electron chi connectivity index (χ4n) is 4.28. The first-order valence-corrected chi connectivity index (χ1v) is 11.0. The van der Waals surface area contributed by atoms with E-state index < -0.39 is 6.04 Å². The highest BCUT2D eigenvalue weighted by molar-refractivity contribution is 6.30. The number of benzene rings is 3. The predicted octanol–water partition coefficient (Wildman–Crippen LogP) is 4.72. The second kappa shape index (κ2) is 8.61. The summed E-state index contributed by atoms with van der Waals surface area (Å²) in [6, 6.07) is 25.0. The van der Waals surface area contributed by atoms with E-state index in [0.717, 1.165) is 33.3 Å². The lowest BCUT2D eigenvalue weighted by atomic mass is 9.90. The Morgan fingerprint density at radius 3 is 2.56 bits per heavy atom. The molecule has 2 atom stereocenters. The zero-order chi connectivity index (χ0) is 22.1. The maximum atomic E-state index is 13.3. The maximum Gasteiger partial charge on any atom is 0.259 e. The molecule has 1 aliphatic heterocycles. The third-order valence-corrected chi connectivity index (χ3v) is 6.19. The van der Waals surface area contributed by atoms with Gasteiger partial charge in [-0.3, -0.25) is 4.79 Å². The van der Waals surface area contributed by atoms with Gasteiger partial charge in [0.25, 0.3) is 5.91 Å². The minimum absolute atomic E-state index is 0.0263. The summed E-state index contributed by atoms with van der Waals surface area (Å²) in [6.07, 6.45) is 2.37. The van der Waals surface area contributed by atoms with Crippen LogP contribution in [0.25, 0.3) is 10.9 Å². The molecule has 0 radical (unpaired) electrons. The second-order valence-electron chi connectivity index (χ2n) is 8.05. The molecule has 5 nitrogen and oxygen atoms in total. The van der Waals surface area contributed by atoms with Crippen LogP contribution in [0, 0.1) is 0 Å². The first-order chi connectivity index (χ1) is 15.6. The number of carbonyl (C=O) groups excluding carboxylic acids is 1. The molecule has 0 saturated heterocycles. The molecule has 32 heavy (non-hydrogen) atoms. The van der Waals surface area contributed by atoms with Gasteiger partial charge in [0.2, 0.25) is 0 Å². The van der Waals surface area contributed by atoms with E-state index in [4.69, 9.17) is 22.4 Å². The van der Waals surface area contributed by atoms with Crippen molar-refractivity contribution in [2.45, 2.75) is 18.4 Å². The summed E-state index contributed by atoms with van der Waals surface area (Å²) in [6.45, 7) is 0.461. The highest BCUT2D eigenvalue weighted by Gasteiger charge is 2.34. The van der Waals surface area contributed by atoms with Crippen molar-refractivity contribution in [1.29, 1.82) is 0 Å². The average Bonchev–Trinajstić information content (AvgIpc) is 3.45. The van der Waals surface area contributed by atoms with Crippen LogP contribution in [0.3, 0.4) is 0 Å². The zero-order valence-electron chi connectivity index (χ0n) is 17.4. The van der Waals surface area contributed by atoms with E-state index in [1.165, 1.54) is 5.01 Å². The normalized spacial score (nSPS) is 16.9. The van der Waals surface area contributed by atoms with E-state index in [2.05, 4.69) is 17.1 Å². The van der Waals surface area contributed by atoms with Crippen LogP contribution in [-0.2, 0) is 11.2 Å². The minimum atomic E-state index is -0.682. The van der Waals surface area contributed by atoms with Crippen LogP contribution in [0.2, 0.25) is 5.02 Å². The summed E-state index contributed by atoms with van der Waals surface area (Å²) >= 11 is 6.08. The van der Waals surface area contributed by atoms with Gasteiger partial charge in [0.15, 0.2) is 0 Å². The van der Waals surface area contributed by atoms with Crippen molar-refractivity contribution in [1.82, 2.24) is 9.99 Å². The topological polar surface area (TPSA) is 74.5 Å². The predicted molar refractivity (Wildman–Crippen MR) is 129 cm³/mol. The van der Waals surface area contributed by atoms with Crippen LogP contribution >= 0.6 is 11.6 Å². The molecule has 0 spiro atoms. The number of nitrogens with two attached hydrogens (primary N) is 1. The molecule has 0 saturated carbocycles. The summed E-state index contributed by atoms with van der Waals surface area (Å²) in [7, 11) is 0. The van der Waals surface area contributed by atoms with Crippen molar-refractivity contribution in [3.05, 3.63) is 107 Å². The molecule has 160 valence electrons. The van der Waals surface area contributed by atoms with Gasteiger partial charge in [0.1, 0.15) is 0 Å². The average molecular weight is 443 g/mol. The van der Waals surface area contributed by atoms with E-state index in [1.807, 2.05) is 72.9 Å². The van der Waals surface area contributed by atoms with Gasteiger partial charge in [-0.2, -0.15) is 5.10 Å². The summed E-state index contributed by atoms with van der Waals surface area (Å²) in [5, 5.41) is 8.01. The number of nitrogens with zero attached hydrogens (tertiary/aromatic N) is 2. The number of halogens is 1. The van der Waals surface area contributed by atoms with Gasteiger partial charge in [-0.05, 0) is 41.3 Å². The molecule has 1 aromatic heterocycles. The lowest BCUT2D eigenvalue weighted by Crippen LogP contribution is -2.42. The van der Waals surface area contributed by atoms with Crippen molar-refractivity contribution in [3.63, 3.8) is 0 Å². The van der Waals surface area contributed by atoms with Gasteiger partial charge in [-0.1, -0.05) is 72.3 Å². The van der Waals surface area contributed by atoms with Gasteiger partial charge in [-0.25, -0.2) is 5.01 Å². The van der Waals surface area contributed by atoms with Crippen molar-refractivity contribution >= 4 is 34.1 Å². The molecule has 2 unspecified atom stereocenters. The molecular weight excluding hydrogens is 420 g/mol. The van der Waals surface area contributed by atoms with E-state index in [1.54, 1.807) is 0 Å². The van der Waals surface area contributed by atoms with Gasteiger partial charge >= 0.3 is 0 Å². The number of carbonyl (C=O) groups is 1. The van der Waals surface area contributed by atoms with Gasteiger partial charge < -0.3 is 10.7 Å². The molecule has 3 N–H and O–H groups in total. The molecule has 6 heteroatoms. The van der Waals surface area contributed by atoms with E-state index in [0.29, 0.717) is 18.0 Å². The molecule has 5 rings (SSSR count). The number of nitrogens with one attached hydrogen (secondary N) is 1. The fraction of sp³-hybridized carbons (Fsp3) is 0.154. The fourth-order valence-corrected chi connectivity index (χ4v) is 4.41. The molecule has 0 bridgehead atoms. The summed E-state index contributed by atoms with van der Waals surface area (Å²) < 4.78 is 0. The van der Waals surface area contributed by atoms with Gasteiger partial charge in [0, 0.05) is 28.0 Å². The SMILES string of the molecule is NC(Cc1c[nH]c2ccccc12)C(=O)N1CC(c2ccccc2)C(c2ccc(Cl)cc2)=N1. The van der Waals surface area contributed by atoms with Crippen molar-refractivity contribution in [2.24, 2.45) is 10.8 Å². The number of aromatic amines is 1. The first-order valence-electron chi connectivity index (χ1n) is 10.6. The second-order valence-corrected chi connectivity index (χ2v) is 8.48. The number of aromatic nitrogens is 1. The van der Waals surface area contributed by atoms with Crippen LogP contribution in [0.15, 0.2) is 90.2 Å². The smallest absolute Gasteiger partial charge is 0.259 e. The van der Waals surface area contributed by atoms with Crippen LogP contribution in [-0.4, -0.2) is 34.2 Å². The molecule has 1 amide bonds. The lowest BCUT2D eigenvalue weighted by Gasteiger charge is -2.18. The minimum Gasteiger partial charge on any atom is -0.361 e. The highest BCUT2D eigenvalue weighted by Crippen LogP contribution is 2.30. The monoisotopic (exact) mass is 442 g/mol. The Bertz CT molecular complexity index is 1280. The highest BCUT2D eigenvalue weighted by atomic mass is 35.5. The van der Waals surface area contributed by atoms with E-state index >= 15 is 0 Å². The van der Waals surface area contributed by atoms with E-state index in [-0.39, 0.29) is 11.8 Å². The first kappa shape index (κ1) is 20.5. The van der Waals surface area contributed by atoms with Crippen molar-refractivity contribution in [2.75, 3.05) is 6.54 Å². The number of H-pyrrole nitrogens is 1. The molecule has 3 aromatic carbocycles. The number of rotatable bonds is 5. The third-order valence-electron chi connectivity index (χ3n) is 5.94. The molecule has 2 heterocycles. The Balaban J connectivity index is 1.42. The largest absolute Gasteiger partial charge is 0.361 e. The quantitative estimate of drug-likeness (QED) is 0.469. The molecule has 1 aliphatic rings. The molecule has 4 aromatic rings. The number of hydrazone groups is 1. The maximum absolute atomic E-state index is 13.3. The van der Waals surface area contributed by atoms with Crippen molar-refractivity contribution < 1.29 is 4.79 Å². The zero-order valence-corrected chi connectivity index (χ0v) is 18.2. The van der Waals surface area contributed by atoms with Crippen LogP contribution < -0.4 is 5.73 Å².